The maximum absolute atomic E-state index is 5.85. The van der Waals surface area contributed by atoms with Gasteiger partial charge in [-0.2, -0.15) is 10.1 Å². The van der Waals surface area contributed by atoms with Crippen molar-refractivity contribution in [3.05, 3.63) is 65.2 Å². The highest BCUT2D eigenvalue weighted by atomic mass is 16.5. The normalized spacial score (nSPS) is 11.1. The first-order valence-corrected chi connectivity index (χ1v) is 10.4. The molecule has 0 spiro atoms. The molecular formula is C24H30N5O3+. The summed E-state index contributed by atoms with van der Waals surface area (Å²) in [6.07, 6.45) is 2.44. The number of methoxy groups -OCH3 is 2. The quantitative estimate of drug-likeness (QED) is 0.376. The molecule has 8 nitrogen and oxygen atoms in total. The third-order valence-corrected chi connectivity index (χ3v) is 4.72. The molecule has 2 N–H and O–H groups in total. The highest BCUT2D eigenvalue weighted by molar-refractivity contribution is 5.80. The van der Waals surface area contributed by atoms with E-state index in [0.29, 0.717) is 36.4 Å². The SMILES string of the molecule is COc1ccc(CCOc2nc(NN=Cc3cccc(C)c3)cc([NH+](C)C)n2)cc1OC. The Kier molecular flexibility index (Phi) is 7.99. The summed E-state index contributed by atoms with van der Waals surface area (Å²) in [4.78, 5) is 9.99. The molecule has 0 saturated carbocycles. The number of quaternary nitrogens is 1. The van der Waals surface area contributed by atoms with E-state index in [4.69, 9.17) is 14.2 Å². The molecule has 0 unspecified atom stereocenters. The molecule has 1 aromatic heterocycles. The van der Waals surface area contributed by atoms with Crippen molar-refractivity contribution < 1.29 is 19.1 Å². The molecule has 3 rings (SSSR count). The van der Waals surface area contributed by atoms with E-state index in [9.17, 15) is 0 Å². The van der Waals surface area contributed by atoms with E-state index >= 15 is 0 Å². The summed E-state index contributed by atoms with van der Waals surface area (Å²) in [6, 6.07) is 16.1. The van der Waals surface area contributed by atoms with Gasteiger partial charge in [0, 0.05) is 6.42 Å². The lowest BCUT2D eigenvalue weighted by Crippen LogP contribution is -3.00. The highest BCUT2D eigenvalue weighted by Gasteiger charge is 2.11. The van der Waals surface area contributed by atoms with Crippen LogP contribution in [0.15, 0.2) is 53.6 Å². The Morgan fingerprint density at radius 2 is 1.81 bits per heavy atom. The van der Waals surface area contributed by atoms with Crippen LogP contribution in [0.4, 0.5) is 11.6 Å². The Morgan fingerprint density at radius 3 is 2.53 bits per heavy atom. The number of hydrogen-bond acceptors (Lipinski definition) is 7. The van der Waals surface area contributed by atoms with Crippen LogP contribution in [0.3, 0.4) is 0 Å². The van der Waals surface area contributed by atoms with Gasteiger partial charge in [-0.1, -0.05) is 35.9 Å². The predicted octanol–water partition coefficient (Wildman–Crippen LogP) is 2.65. The molecule has 0 atom stereocenters. The standard InChI is InChI=1S/C24H29N5O3/c1-17-7-6-8-19(13-17)16-25-28-22-15-23(29(2)3)27-24(26-22)32-12-11-18-9-10-20(30-4)21(14-18)31-5/h6-10,13-16H,11-12H2,1-5H3,(H,26,27,28)/p+1. The van der Waals surface area contributed by atoms with Gasteiger partial charge in [0.2, 0.25) is 5.82 Å². The van der Waals surface area contributed by atoms with Crippen molar-refractivity contribution in [3.8, 4) is 17.5 Å². The maximum atomic E-state index is 5.85. The number of nitrogens with zero attached hydrogens (tertiary/aromatic N) is 3. The topological polar surface area (TPSA) is 82.3 Å². The zero-order valence-corrected chi connectivity index (χ0v) is 19.2. The first-order chi connectivity index (χ1) is 15.5. The van der Waals surface area contributed by atoms with Gasteiger partial charge in [0.05, 0.1) is 47.2 Å². The van der Waals surface area contributed by atoms with Crippen LogP contribution in [0.25, 0.3) is 0 Å². The summed E-state index contributed by atoms with van der Waals surface area (Å²) in [5.74, 6) is 2.76. The Balaban J connectivity index is 1.66. The average Bonchev–Trinajstić information content (AvgIpc) is 2.79. The molecule has 0 aliphatic heterocycles. The Labute approximate surface area is 188 Å². The zero-order valence-electron chi connectivity index (χ0n) is 19.2. The lowest BCUT2D eigenvalue weighted by Gasteiger charge is -2.11. The second kappa shape index (κ2) is 11.1. The summed E-state index contributed by atoms with van der Waals surface area (Å²) in [5, 5.41) is 4.30. The second-order valence-electron chi connectivity index (χ2n) is 7.49. The van der Waals surface area contributed by atoms with Crippen molar-refractivity contribution in [2.45, 2.75) is 13.3 Å². The maximum Gasteiger partial charge on any atom is 0.323 e. The molecule has 2 aromatic carbocycles. The average molecular weight is 437 g/mol. The first kappa shape index (κ1) is 23.0. The summed E-state index contributed by atoms with van der Waals surface area (Å²) in [6.45, 7) is 2.47. The van der Waals surface area contributed by atoms with Crippen LogP contribution in [-0.2, 0) is 6.42 Å². The van der Waals surface area contributed by atoms with E-state index in [1.807, 2.05) is 63.5 Å². The molecule has 0 bridgehead atoms. The van der Waals surface area contributed by atoms with Crippen LogP contribution in [0, 0.1) is 6.92 Å². The van der Waals surface area contributed by atoms with Crippen molar-refractivity contribution in [3.63, 3.8) is 0 Å². The van der Waals surface area contributed by atoms with Gasteiger partial charge in [0.25, 0.3) is 0 Å². The molecule has 1 heterocycles. The number of rotatable bonds is 10. The fourth-order valence-corrected chi connectivity index (χ4v) is 3.02. The number of benzene rings is 2. The van der Waals surface area contributed by atoms with Gasteiger partial charge in [0.1, 0.15) is 0 Å². The molecule has 0 fully saturated rings. The zero-order chi connectivity index (χ0) is 22.9. The van der Waals surface area contributed by atoms with Crippen molar-refractivity contribution >= 4 is 17.9 Å². The van der Waals surface area contributed by atoms with Crippen molar-refractivity contribution in [2.24, 2.45) is 5.10 Å². The van der Waals surface area contributed by atoms with E-state index in [1.165, 1.54) is 5.56 Å². The summed E-state index contributed by atoms with van der Waals surface area (Å²) < 4.78 is 16.5. The Morgan fingerprint density at radius 1 is 1.00 bits per heavy atom. The van der Waals surface area contributed by atoms with Gasteiger partial charge < -0.3 is 14.2 Å². The minimum atomic E-state index is 0.303. The molecule has 0 amide bonds. The van der Waals surface area contributed by atoms with Gasteiger partial charge in [-0.15, -0.1) is 4.98 Å². The molecule has 0 radical (unpaired) electrons. The van der Waals surface area contributed by atoms with Gasteiger partial charge in [0.15, 0.2) is 17.3 Å². The fourth-order valence-electron chi connectivity index (χ4n) is 3.02. The molecule has 168 valence electrons. The van der Waals surface area contributed by atoms with E-state index in [2.05, 4.69) is 26.6 Å². The van der Waals surface area contributed by atoms with Crippen LogP contribution < -0.4 is 24.5 Å². The molecule has 0 aliphatic rings. The largest absolute Gasteiger partial charge is 0.493 e. The fraction of sp³-hybridized carbons (Fsp3) is 0.292. The summed E-state index contributed by atoms with van der Waals surface area (Å²) in [5.41, 5.74) is 6.24. The Bertz CT molecular complexity index is 1070. The summed E-state index contributed by atoms with van der Waals surface area (Å²) in [7, 11) is 7.23. The van der Waals surface area contributed by atoms with Gasteiger partial charge in [-0.25, -0.2) is 0 Å². The van der Waals surface area contributed by atoms with Crippen LogP contribution in [0.5, 0.6) is 17.5 Å². The number of hydrazone groups is 1. The summed E-state index contributed by atoms with van der Waals surface area (Å²) >= 11 is 0. The van der Waals surface area contributed by atoms with Crippen molar-refractivity contribution in [1.29, 1.82) is 0 Å². The number of aryl methyl sites for hydroxylation is 1. The smallest absolute Gasteiger partial charge is 0.323 e. The van der Waals surface area contributed by atoms with E-state index in [-0.39, 0.29) is 0 Å². The van der Waals surface area contributed by atoms with Gasteiger partial charge in [-0.05, 0) is 30.2 Å². The lowest BCUT2D eigenvalue weighted by molar-refractivity contribution is -0.789. The molecule has 8 heteroatoms. The molecule has 32 heavy (non-hydrogen) atoms. The number of ether oxygens (including phenoxy) is 3. The van der Waals surface area contributed by atoms with E-state index in [0.717, 1.165) is 21.8 Å². The van der Waals surface area contributed by atoms with E-state index < -0.39 is 0 Å². The highest BCUT2D eigenvalue weighted by Crippen LogP contribution is 2.27. The van der Waals surface area contributed by atoms with Crippen LogP contribution >= 0.6 is 0 Å². The minimum Gasteiger partial charge on any atom is -0.493 e. The number of hydrogen-bond donors (Lipinski definition) is 2. The Hall–Kier alpha value is -3.65. The number of anilines is 1. The predicted molar refractivity (Wildman–Crippen MR) is 126 cm³/mol. The monoisotopic (exact) mass is 436 g/mol. The van der Waals surface area contributed by atoms with E-state index in [1.54, 1.807) is 20.4 Å². The van der Waals surface area contributed by atoms with Crippen LogP contribution in [0.1, 0.15) is 16.7 Å². The lowest BCUT2D eigenvalue weighted by atomic mass is 10.1. The molecule has 0 aliphatic carbocycles. The van der Waals surface area contributed by atoms with Gasteiger partial charge in [-0.3, -0.25) is 10.3 Å². The number of aromatic nitrogens is 2. The second-order valence-corrected chi connectivity index (χ2v) is 7.49. The van der Waals surface area contributed by atoms with Crippen LogP contribution in [0.2, 0.25) is 0 Å². The van der Waals surface area contributed by atoms with Gasteiger partial charge >= 0.3 is 6.01 Å². The molecular weight excluding hydrogens is 406 g/mol. The molecule has 3 aromatic rings. The minimum absolute atomic E-state index is 0.303. The van der Waals surface area contributed by atoms with Crippen molar-refractivity contribution in [1.82, 2.24) is 9.97 Å². The first-order valence-electron chi connectivity index (χ1n) is 10.4. The van der Waals surface area contributed by atoms with Crippen LogP contribution in [-0.4, -0.2) is 51.1 Å². The number of nitrogens with one attached hydrogen (secondary N) is 2. The molecule has 0 saturated heterocycles. The third kappa shape index (κ3) is 6.42. The third-order valence-electron chi connectivity index (χ3n) is 4.72. The van der Waals surface area contributed by atoms with Crippen molar-refractivity contribution in [2.75, 3.05) is 40.3 Å².